The van der Waals surface area contributed by atoms with Crippen LogP contribution < -0.4 is 19.7 Å². The van der Waals surface area contributed by atoms with E-state index in [2.05, 4.69) is 5.32 Å². The molecule has 3 aromatic carbocycles. The molecule has 0 saturated carbocycles. The van der Waals surface area contributed by atoms with Crippen LogP contribution >= 0.6 is 0 Å². The van der Waals surface area contributed by atoms with Gasteiger partial charge in [-0.3, -0.25) is 9.59 Å². The number of rotatable bonds is 7. The number of hydrogen-bond acceptors (Lipinski definition) is 5. The van der Waals surface area contributed by atoms with Crippen molar-refractivity contribution in [2.75, 3.05) is 23.9 Å². The van der Waals surface area contributed by atoms with E-state index in [0.717, 1.165) is 4.90 Å². The van der Waals surface area contributed by atoms with E-state index in [0.29, 0.717) is 35.0 Å². The molecule has 0 bridgehead atoms. The van der Waals surface area contributed by atoms with E-state index in [1.807, 2.05) is 6.92 Å². The number of nitrogens with zero attached hydrogens (tertiary/aromatic N) is 1. The first-order valence-electron chi connectivity index (χ1n) is 10.1. The van der Waals surface area contributed by atoms with Crippen LogP contribution in [0.5, 0.6) is 11.5 Å². The summed E-state index contributed by atoms with van der Waals surface area (Å²) in [5.41, 5.74) is 1.60. The summed E-state index contributed by atoms with van der Waals surface area (Å²) in [4.78, 5) is 28.0. The van der Waals surface area contributed by atoms with Gasteiger partial charge in [0.25, 0.3) is 11.8 Å². The van der Waals surface area contributed by atoms with E-state index < -0.39 is 17.6 Å². The highest BCUT2D eigenvalue weighted by molar-refractivity contribution is 6.46. The van der Waals surface area contributed by atoms with Crippen molar-refractivity contribution in [3.8, 4) is 11.5 Å². The fourth-order valence-corrected chi connectivity index (χ4v) is 3.51. The van der Waals surface area contributed by atoms with Crippen molar-refractivity contribution in [2.24, 2.45) is 0 Å². The van der Waals surface area contributed by atoms with Gasteiger partial charge in [0.05, 0.1) is 25.0 Å². The monoisotopic (exact) mass is 432 g/mol. The summed E-state index contributed by atoms with van der Waals surface area (Å²) in [5, 5.41) is 3.07. The lowest BCUT2D eigenvalue weighted by Crippen LogP contribution is -2.32. The molecule has 1 aliphatic heterocycles. The molecule has 1 heterocycles. The van der Waals surface area contributed by atoms with Crippen molar-refractivity contribution in [1.29, 1.82) is 0 Å². The molecule has 162 valence electrons. The van der Waals surface area contributed by atoms with Crippen LogP contribution in [0.1, 0.15) is 12.5 Å². The molecule has 0 atom stereocenters. The third-order valence-electron chi connectivity index (χ3n) is 4.98. The Hall–Kier alpha value is -4.13. The largest absolute Gasteiger partial charge is 0.495 e. The second-order valence-corrected chi connectivity index (χ2v) is 6.96. The summed E-state index contributed by atoms with van der Waals surface area (Å²) in [6, 6.07) is 19.3. The van der Waals surface area contributed by atoms with Crippen molar-refractivity contribution in [2.45, 2.75) is 6.92 Å². The Kier molecular flexibility index (Phi) is 5.89. The molecule has 0 fully saturated rings. The van der Waals surface area contributed by atoms with Gasteiger partial charge < -0.3 is 14.8 Å². The molecule has 0 aliphatic carbocycles. The van der Waals surface area contributed by atoms with Crippen molar-refractivity contribution in [3.05, 3.63) is 89.9 Å². The van der Waals surface area contributed by atoms with Gasteiger partial charge in [-0.2, -0.15) is 0 Å². The molecule has 6 nitrogen and oxygen atoms in total. The molecule has 1 aliphatic rings. The number of nitrogens with one attached hydrogen (secondary N) is 1. The van der Waals surface area contributed by atoms with Crippen LogP contribution in [0.25, 0.3) is 5.57 Å². The van der Waals surface area contributed by atoms with E-state index in [1.165, 1.54) is 31.4 Å². The van der Waals surface area contributed by atoms with E-state index in [4.69, 9.17) is 9.47 Å². The van der Waals surface area contributed by atoms with Crippen LogP contribution in [0.15, 0.2) is 78.5 Å². The van der Waals surface area contributed by atoms with E-state index in [-0.39, 0.29) is 11.3 Å². The summed E-state index contributed by atoms with van der Waals surface area (Å²) in [6.07, 6.45) is 0. The summed E-state index contributed by atoms with van der Waals surface area (Å²) in [6.45, 7) is 2.43. The molecule has 7 heteroatoms. The summed E-state index contributed by atoms with van der Waals surface area (Å²) in [5.74, 6) is -0.425. The van der Waals surface area contributed by atoms with Crippen LogP contribution in [0.4, 0.5) is 15.8 Å². The molecular weight excluding hydrogens is 411 g/mol. The first kappa shape index (κ1) is 21.1. The van der Waals surface area contributed by atoms with Gasteiger partial charge in [-0.05, 0) is 61.0 Å². The number of methoxy groups -OCH3 is 1. The lowest BCUT2D eigenvalue weighted by molar-refractivity contribution is -0.120. The van der Waals surface area contributed by atoms with Gasteiger partial charge in [-0.1, -0.05) is 24.3 Å². The Bertz CT molecular complexity index is 1190. The fraction of sp³-hybridized carbons (Fsp3) is 0.120. The number of anilines is 2. The number of carbonyl (C=O) groups is 2. The maximum absolute atomic E-state index is 13.5. The molecule has 2 amide bonds. The lowest BCUT2D eigenvalue weighted by atomic mass is 10.0. The van der Waals surface area contributed by atoms with Gasteiger partial charge in [-0.25, -0.2) is 9.29 Å². The standard InChI is InChI=1S/C25H21FN2O4/c1-3-32-19-14-12-18(13-15-19)27-23-22(16-8-10-17(26)11-9-16)24(29)28(25(23)30)20-6-4-5-7-21(20)31-2/h4-15,27H,3H2,1-2H3. The topological polar surface area (TPSA) is 67.9 Å². The Morgan fingerprint density at radius 3 is 2.25 bits per heavy atom. The Labute approximate surface area is 184 Å². The number of ether oxygens (including phenoxy) is 2. The normalized spacial score (nSPS) is 13.5. The molecular formula is C25H21FN2O4. The van der Waals surface area contributed by atoms with Crippen LogP contribution in [0, 0.1) is 5.82 Å². The summed E-state index contributed by atoms with van der Waals surface area (Å²) < 4.78 is 24.3. The zero-order valence-corrected chi connectivity index (χ0v) is 17.6. The average molecular weight is 432 g/mol. The zero-order valence-electron chi connectivity index (χ0n) is 17.6. The molecule has 1 N–H and O–H groups in total. The quantitative estimate of drug-likeness (QED) is 0.552. The van der Waals surface area contributed by atoms with E-state index in [9.17, 15) is 14.0 Å². The molecule has 0 spiro atoms. The second kappa shape index (κ2) is 8.93. The predicted octanol–water partition coefficient (Wildman–Crippen LogP) is 4.63. The first-order chi connectivity index (χ1) is 15.5. The maximum atomic E-state index is 13.5. The number of imide groups is 1. The Morgan fingerprint density at radius 1 is 0.906 bits per heavy atom. The van der Waals surface area contributed by atoms with Crippen LogP contribution in [-0.4, -0.2) is 25.5 Å². The van der Waals surface area contributed by atoms with Crippen molar-refractivity contribution in [3.63, 3.8) is 0 Å². The third kappa shape index (κ3) is 3.92. The predicted molar refractivity (Wildman–Crippen MR) is 120 cm³/mol. The van der Waals surface area contributed by atoms with E-state index in [1.54, 1.807) is 48.5 Å². The van der Waals surface area contributed by atoms with Crippen molar-refractivity contribution < 1.29 is 23.5 Å². The van der Waals surface area contributed by atoms with Crippen molar-refractivity contribution in [1.82, 2.24) is 0 Å². The van der Waals surface area contributed by atoms with Gasteiger partial charge in [0.15, 0.2) is 0 Å². The number of carbonyl (C=O) groups excluding carboxylic acids is 2. The SMILES string of the molecule is CCOc1ccc(NC2=C(c3ccc(F)cc3)C(=O)N(c3ccccc3OC)C2=O)cc1. The highest BCUT2D eigenvalue weighted by Gasteiger charge is 2.41. The number of benzene rings is 3. The van der Waals surface area contributed by atoms with Gasteiger partial charge >= 0.3 is 0 Å². The highest BCUT2D eigenvalue weighted by Crippen LogP contribution is 2.37. The summed E-state index contributed by atoms with van der Waals surface area (Å²) >= 11 is 0. The second-order valence-electron chi connectivity index (χ2n) is 6.96. The minimum Gasteiger partial charge on any atom is -0.495 e. The molecule has 0 saturated heterocycles. The molecule has 0 radical (unpaired) electrons. The minimum absolute atomic E-state index is 0.0941. The third-order valence-corrected chi connectivity index (χ3v) is 4.98. The van der Waals surface area contributed by atoms with Crippen LogP contribution in [-0.2, 0) is 9.59 Å². The molecule has 4 rings (SSSR count). The smallest absolute Gasteiger partial charge is 0.282 e. The molecule has 32 heavy (non-hydrogen) atoms. The van der Waals surface area contributed by atoms with Gasteiger partial charge in [-0.15, -0.1) is 0 Å². The van der Waals surface area contributed by atoms with Crippen LogP contribution in [0.3, 0.4) is 0 Å². The number of halogens is 1. The summed E-state index contributed by atoms with van der Waals surface area (Å²) in [7, 11) is 1.47. The Balaban J connectivity index is 1.78. The zero-order chi connectivity index (χ0) is 22.7. The minimum atomic E-state index is -0.535. The highest BCUT2D eigenvalue weighted by atomic mass is 19.1. The Morgan fingerprint density at radius 2 is 1.59 bits per heavy atom. The average Bonchev–Trinajstić information content (AvgIpc) is 3.05. The van der Waals surface area contributed by atoms with Gasteiger partial charge in [0.1, 0.15) is 23.0 Å². The number of hydrogen-bond donors (Lipinski definition) is 1. The molecule has 0 unspecified atom stereocenters. The molecule has 3 aromatic rings. The maximum Gasteiger partial charge on any atom is 0.282 e. The molecule has 0 aromatic heterocycles. The van der Waals surface area contributed by atoms with E-state index >= 15 is 0 Å². The number of para-hydroxylation sites is 2. The lowest BCUT2D eigenvalue weighted by Gasteiger charge is -2.18. The van der Waals surface area contributed by atoms with Gasteiger partial charge in [0, 0.05) is 5.69 Å². The first-order valence-corrected chi connectivity index (χ1v) is 10.1. The fourth-order valence-electron chi connectivity index (χ4n) is 3.51. The van der Waals surface area contributed by atoms with Crippen molar-refractivity contribution >= 4 is 28.8 Å². The number of amides is 2. The van der Waals surface area contributed by atoms with Crippen LogP contribution in [0.2, 0.25) is 0 Å². The van der Waals surface area contributed by atoms with Gasteiger partial charge in [0.2, 0.25) is 0 Å².